The summed E-state index contributed by atoms with van der Waals surface area (Å²) in [6.07, 6.45) is 0.303. The molecular formula is C18H19N3O3S. The summed E-state index contributed by atoms with van der Waals surface area (Å²) in [6, 6.07) is 17.4. The summed E-state index contributed by atoms with van der Waals surface area (Å²) in [7, 11) is 0. The number of hydrogen-bond acceptors (Lipinski definition) is 4. The van der Waals surface area contributed by atoms with Crippen molar-refractivity contribution >= 4 is 29.1 Å². The molecule has 0 spiro atoms. The first kappa shape index (κ1) is 18.4. The smallest absolute Gasteiger partial charge is 0.276 e. The molecule has 0 saturated heterocycles. The van der Waals surface area contributed by atoms with E-state index < -0.39 is 5.91 Å². The fraction of sp³-hybridized carbons (Fsp3) is 0.167. The van der Waals surface area contributed by atoms with Crippen LogP contribution in [0.1, 0.15) is 13.3 Å². The Hall–Kier alpha value is -2.93. The molecule has 0 aliphatic heterocycles. The van der Waals surface area contributed by atoms with Crippen molar-refractivity contribution in [3.63, 3.8) is 0 Å². The van der Waals surface area contributed by atoms with Crippen LogP contribution in [0.4, 0.5) is 0 Å². The molecule has 2 rings (SSSR count). The van der Waals surface area contributed by atoms with Crippen LogP contribution in [0.3, 0.4) is 0 Å². The highest BCUT2D eigenvalue weighted by Crippen LogP contribution is 2.21. The molecule has 0 bridgehead atoms. The number of carbonyl (C=O) groups excluding carboxylic acids is 2. The van der Waals surface area contributed by atoms with Gasteiger partial charge in [0.2, 0.25) is 5.91 Å². The van der Waals surface area contributed by atoms with E-state index in [2.05, 4.69) is 16.2 Å². The number of ether oxygens (including phenoxy) is 1. The van der Waals surface area contributed by atoms with Crippen molar-refractivity contribution < 1.29 is 14.3 Å². The van der Waals surface area contributed by atoms with Crippen LogP contribution in [0, 0.1) is 0 Å². The van der Waals surface area contributed by atoms with Gasteiger partial charge in [0.1, 0.15) is 5.75 Å². The molecule has 3 N–H and O–H groups in total. The molecule has 130 valence electrons. The Labute approximate surface area is 151 Å². The quantitative estimate of drug-likeness (QED) is 0.565. The Morgan fingerprint density at radius 3 is 2.20 bits per heavy atom. The number of carbonyl (C=O) groups is 2. The van der Waals surface area contributed by atoms with Gasteiger partial charge in [-0.2, -0.15) is 0 Å². The first-order valence-electron chi connectivity index (χ1n) is 7.75. The van der Waals surface area contributed by atoms with E-state index in [-0.39, 0.29) is 17.6 Å². The second-order valence-corrected chi connectivity index (χ2v) is 5.49. The molecule has 0 radical (unpaired) electrons. The average molecular weight is 357 g/mol. The molecule has 0 atom stereocenters. The van der Waals surface area contributed by atoms with E-state index in [9.17, 15) is 9.59 Å². The molecule has 0 aliphatic carbocycles. The number of thiocarbonyl (C=S) groups is 1. The average Bonchev–Trinajstić information content (AvgIpc) is 2.65. The van der Waals surface area contributed by atoms with Crippen LogP contribution in [-0.4, -0.2) is 23.5 Å². The zero-order valence-electron chi connectivity index (χ0n) is 13.7. The van der Waals surface area contributed by atoms with Crippen LogP contribution in [-0.2, 0) is 9.59 Å². The van der Waals surface area contributed by atoms with E-state index in [1.54, 1.807) is 19.1 Å². The maximum absolute atomic E-state index is 11.7. The van der Waals surface area contributed by atoms with Gasteiger partial charge in [0.15, 0.2) is 11.7 Å². The van der Waals surface area contributed by atoms with Crippen molar-refractivity contribution in [2.45, 2.75) is 13.3 Å². The molecule has 6 nitrogen and oxygen atoms in total. The standard InChI is InChI=1S/C18H19N3O3S/c1-2-16(22)19-18(25)21-20-17(23)12-24-15-10-8-14(9-11-15)13-6-4-3-5-7-13/h3-11H,2,12H2,1H3,(H,20,23)(H2,19,21,22,25). The molecule has 7 heteroatoms. The van der Waals surface area contributed by atoms with Crippen LogP contribution in [0.25, 0.3) is 11.1 Å². The van der Waals surface area contributed by atoms with Gasteiger partial charge in [-0.05, 0) is 35.5 Å². The maximum atomic E-state index is 11.7. The number of rotatable bonds is 5. The van der Waals surface area contributed by atoms with Gasteiger partial charge in [-0.25, -0.2) is 0 Å². The van der Waals surface area contributed by atoms with Crippen molar-refractivity contribution in [1.29, 1.82) is 0 Å². The Bertz CT molecular complexity index is 733. The first-order valence-corrected chi connectivity index (χ1v) is 8.16. The second kappa shape index (κ2) is 9.39. The SMILES string of the molecule is CCC(=O)NC(=S)NNC(=O)COc1ccc(-c2ccccc2)cc1. The molecule has 0 aliphatic rings. The summed E-state index contributed by atoms with van der Waals surface area (Å²) in [4.78, 5) is 22.8. The third-order valence-electron chi connectivity index (χ3n) is 3.22. The van der Waals surface area contributed by atoms with Gasteiger partial charge in [-0.15, -0.1) is 0 Å². The van der Waals surface area contributed by atoms with Gasteiger partial charge in [0, 0.05) is 6.42 Å². The molecule has 0 unspecified atom stereocenters. The predicted octanol–water partition coefficient (Wildman–Crippen LogP) is 2.16. The third kappa shape index (κ3) is 6.23. The fourth-order valence-electron chi connectivity index (χ4n) is 1.93. The fourth-order valence-corrected chi connectivity index (χ4v) is 2.10. The van der Waals surface area contributed by atoms with Crippen LogP contribution in [0.5, 0.6) is 5.75 Å². The van der Waals surface area contributed by atoms with Gasteiger partial charge in [-0.1, -0.05) is 49.4 Å². The summed E-state index contributed by atoms with van der Waals surface area (Å²) in [5.74, 6) is -0.0709. The lowest BCUT2D eigenvalue weighted by molar-refractivity contribution is -0.124. The van der Waals surface area contributed by atoms with Crippen LogP contribution < -0.4 is 20.9 Å². The van der Waals surface area contributed by atoms with E-state index in [4.69, 9.17) is 17.0 Å². The van der Waals surface area contributed by atoms with Crippen molar-refractivity contribution in [3.05, 3.63) is 54.6 Å². The van der Waals surface area contributed by atoms with Gasteiger partial charge in [-0.3, -0.25) is 20.4 Å². The lowest BCUT2D eigenvalue weighted by atomic mass is 10.1. The molecule has 25 heavy (non-hydrogen) atoms. The largest absolute Gasteiger partial charge is 0.484 e. The topological polar surface area (TPSA) is 79.5 Å². The number of hydrazine groups is 1. The van der Waals surface area contributed by atoms with Crippen molar-refractivity contribution in [3.8, 4) is 16.9 Å². The molecule has 0 fully saturated rings. The summed E-state index contributed by atoms with van der Waals surface area (Å²) in [5, 5.41) is 2.44. The number of amides is 2. The Morgan fingerprint density at radius 2 is 1.56 bits per heavy atom. The monoisotopic (exact) mass is 357 g/mol. The molecule has 2 amide bonds. The summed E-state index contributed by atoms with van der Waals surface area (Å²) in [5.41, 5.74) is 6.96. The van der Waals surface area contributed by atoms with E-state index in [0.717, 1.165) is 11.1 Å². The van der Waals surface area contributed by atoms with Gasteiger partial charge >= 0.3 is 0 Å². The minimum Gasteiger partial charge on any atom is -0.484 e. The third-order valence-corrected chi connectivity index (χ3v) is 3.43. The summed E-state index contributed by atoms with van der Waals surface area (Å²) in [6.45, 7) is 1.52. The zero-order chi connectivity index (χ0) is 18.1. The van der Waals surface area contributed by atoms with Gasteiger partial charge in [0.05, 0.1) is 0 Å². The van der Waals surface area contributed by atoms with Crippen molar-refractivity contribution in [2.24, 2.45) is 0 Å². The van der Waals surface area contributed by atoms with Gasteiger partial charge in [0.25, 0.3) is 5.91 Å². The highest BCUT2D eigenvalue weighted by molar-refractivity contribution is 7.80. The zero-order valence-corrected chi connectivity index (χ0v) is 14.6. The summed E-state index contributed by atoms with van der Waals surface area (Å²) >= 11 is 4.85. The van der Waals surface area contributed by atoms with Crippen LogP contribution in [0.15, 0.2) is 54.6 Å². The number of benzene rings is 2. The number of nitrogens with one attached hydrogen (secondary N) is 3. The Kier molecular flexibility index (Phi) is 6.91. The normalized spacial score (nSPS) is 9.80. The lowest BCUT2D eigenvalue weighted by Gasteiger charge is -2.11. The lowest BCUT2D eigenvalue weighted by Crippen LogP contribution is -2.49. The molecule has 0 heterocycles. The Balaban J connectivity index is 1.76. The van der Waals surface area contributed by atoms with E-state index >= 15 is 0 Å². The summed E-state index contributed by atoms with van der Waals surface area (Å²) < 4.78 is 5.41. The van der Waals surface area contributed by atoms with Gasteiger partial charge < -0.3 is 10.1 Å². The molecule has 0 aromatic heterocycles. The molecule has 2 aromatic rings. The minimum absolute atomic E-state index is 0.0346. The first-order chi connectivity index (χ1) is 12.1. The van der Waals surface area contributed by atoms with E-state index in [0.29, 0.717) is 12.2 Å². The van der Waals surface area contributed by atoms with Crippen molar-refractivity contribution in [1.82, 2.24) is 16.2 Å². The van der Waals surface area contributed by atoms with Crippen molar-refractivity contribution in [2.75, 3.05) is 6.61 Å². The molecule has 0 saturated carbocycles. The molecular weight excluding hydrogens is 338 g/mol. The number of hydrogen-bond donors (Lipinski definition) is 3. The Morgan fingerprint density at radius 1 is 0.920 bits per heavy atom. The highest BCUT2D eigenvalue weighted by atomic mass is 32.1. The minimum atomic E-state index is -0.416. The van der Waals surface area contributed by atoms with Crippen LogP contribution in [0.2, 0.25) is 0 Å². The van der Waals surface area contributed by atoms with Crippen LogP contribution >= 0.6 is 12.2 Å². The predicted molar refractivity (Wildman–Crippen MR) is 99.7 cm³/mol. The van der Waals surface area contributed by atoms with E-state index in [1.165, 1.54) is 0 Å². The molecule has 2 aromatic carbocycles. The second-order valence-electron chi connectivity index (χ2n) is 5.08. The maximum Gasteiger partial charge on any atom is 0.276 e. The van der Waals surface area contributed by atoms with E-state index in [1.807, 2.05) is 42.5 Å². The highest BCUT2D eigenvalue weighted by Gasteiger charge is 2.05.